The lowest BCUT2D eigenvalue weighted by atomic mass is 10.0. The summed E-state index contributed by atoms with van der Waals surface area (Å²) in [4.78, 5) is 4.01. The van der Waals surface area contributed by atoms with E-state index in [1.807, 2.05) is 31.2 Å². The number of methoxy groups -OCH3 is 1. The van der Waals surface area contributed by atoms with E-state index in [1.54, 1.807) is 25.6 Å². The maximum absolute atomic E-state index is 10.3. The predicted molar refractivity (Wildman–Crippen MR) is 66.0 cm³/mol. The van der Waals surface area contributed by atoms with Crippen LogP contribution in [0.4, 0.5) is 0 Å². The maximum Gasteiger partial charge on any atom is 0.125 e. The fourth-order valence-electron chi connectivity index (χ4n) is 1.78. The Morgan fingerprint density at radius 1 is 1.29 bits per heavy atom. The van der Waals surface area contributed by atoms with Crippen molar-refractivity contribution in [2.45, 2.75) is 13.0 Å². The second-order valence-electron chi connectivity index (χ2n) is 3.93. The SMILES string of the molecule is COc1ccc(C)cc1C(O)c1cccnc1. The monoisotopic (exact) mass is 229 g/mol. The molecule has 0 spiro atoms. The van der Waals surface area contributed by atoms with Crippen LogP contribution in [0.1, 0.15) is 22.8 Å². The van der Waals surface area contributed by atoms with Crippen molar-refractivity contribution in [3.63, 3.8) is 0 Å². The van der Waals surface area contributed by atoms with E-state index < -0.39 is 6.10 Å². The van der Waals surface area contributed by atoms with Crippen LogP contribution in [0.2, 0.25) is 0 Å². The number of aryl methyl sites for hydroxylation is 1. The van der Waals surface area contributed by atoms with Gasteiger partial charge in [-0.1, -0.05) is 17.7 Å². The van der Waals surface area contributed by atoms with Crippen molar-refractivity contribution in [3.8, 4) is 5.75 Å². The smallest absolute Gasteiger partial charge is 0.125 e. The molecule has 0 saturated carbocycles. The van der Waals surface area contributed by atoms with E-state index in [0.29, 0.717) is 5.75 Å². The van der Waals surface area contributed by atoms with Crippen molar-refractivity contribution in [2.24, 2.45) is 0 Å². The van der Waals surface area contributed by atoms with Crippen LogP contribution < -0.4 is 4.74 Å². The van der Waals surface area contributed by atoms with E-state index >= 15 is 0 Å². The molecule has 0 amide bonds. The first kappa shape index (κ1) is 11.6. The Morgan fingerprint density at radius 3 is 2.76 bits per heavy atom. The van der Waals surface area contributed by atoms with Crippen LogP contribution in [0.3, 0.4) is 0 Å². The summed E-state index contributed by atoms with van der Waals surface area (Å²) in [7, 11) is 1.60. The third-order valence-electron chi connectivity index (χ3n) is 2.68. The molecule has 1 atom stereocenters. The molecule has 2 rings (SSSR count). The minimum absolute atomic E-state index is 0.687. The Kier molecular flexibility index (Phi) is 3.40. The average molecular weight is 229 g/mol. The molecular weight excluding hydrogens is 214 g/mol. The molecule has 0 radical (unpaired) electrons. The van der Waals surface area contributed by atoms with Crippen LogP contribution in [0.15, 0.2) is 42.7 Å². The van der Waals surface area contributed by atoms with Gasteiger partial charge in [-0.3, -0.25) is 4.98 Å². The van der Waals surface area contributed by atoms with Gasteiger partial charge >= 0.3 is 0 Å². The van der Waals surface area contributed by atoms with Gasteiger partial charge in [0, 0.05) is 23.5 Å². The third-order valence-corrected chi connectivity index (χ3v) is 2.68. The third kappa shape index (κ3) is 2.45. The fourth-order valence-corrected chi connectivity index (χ4v) is 1.78. The maximum atomic E-state index is 10.3. The molecule has 1 aromatic heterocycles. The number of pyridine rings is 1. The van der Waals surface area contributed by atoms with Crippen molar-refractivity contribution >= 4 is 0 Å². The van der Waals surface area contributed by atoms with Gasteiger partial charge in [-0.25, -0.2) is 0 Å². The van der Waals surface area contributed by atoms with Gasteiger partial charge in [-0.2, -0.15) is 0 Å². The number of aromatic nitrogens is 1. The molecule has 0 saturated heterocycles. The molecule has 3 nitrogen and oxygen atoms in total. The average Bonchev–Trinajstić information content (AvgIpc) is 2.39. The lowest BCUT2D eigenvalue weighted by Gasteiger charge is -2.15. The van der Waals surface area contributed by atoms with Gasteiger partial charge in [0.15, 0.2) is 0 Å². The summed E-state index contributed by atoms with van der Waals surface area (Å²) in [5, 5.41) is 10.3. The zero-order valence-electron chi connectivity index (χ0n) is 9.92. The number of benzene rings is 1. The number of rotatable bonds is 3. The number of nitrogens with zero attached hydrogens (tertiary/aromatic N) is 1. The van der Waals surface area contributed by atoms with E-state index in [0.717, 1.165) is 16.7 Å². The summed E-state index contributed by atoms with van der Waals surface area (Å²) >= 11 is 0. The number of aliphatic hydroxyl groups excluding tert-OH is 1. The number of hydrogen-bond acceptors (Lipinski definition) is 3. The molecule has 1 heterocycles. The minimum atomic E-state index is -0.710. The Labute approximate surface area is 101 Å². The van der Waals surface area contributed by atoms with Gasteiger partial charge in [0.1, 0.15) is 11.9 Å². The quantitative estimate of drug-likeness (QED) is 0.879. The van der Waals surface area contributed by atoms with Crippen LogP contribution in [-0.4, -0.2) is 17.2 Å². The van der Waals surface area contributed by atoms with Gasteiger partial charge in [-0.05, 0) is 25.1 Å². The van der Waals surface area contributed by atoms with Crippen LogP contribution in [0, 0.1) is 6.92 Å². The first-order valence-corrected chi connectivity index (χ1v) is 5.45. The van der Waals surface area contributed by atoms with Crippen molar-refractivity contribution in [1.82, 2.24) is 4.98 Å². The highest BCUT2D eigenvalue weighted by atomic mass is 16.5. The summed E-state index contributed by atoms with van der Waals surface area (Å²) in [6, 6.07) is 9.40. The largest absolute Gasteiger partial charge is 0.496 e. The van der Waals surface area contributed by atoms with Gasteiger partial charge in [0.25, 0.3) is 0 Å². The molecule has 0 aliphatic rings. The van der Waals surface area contributed by atoms with Gasteiger partial charge in [0.05, 0.1) is 7.11 Å². The number of aliphatic hydroxyl groups is 1. The summed E-state index contributed by atoms with van der Waals surface area (Å²) in [6.07, 6.45) is 2.63. The highest BCUT2D eigenvalue weighted by Gasteiger charge is 2.15. The lowest BCUT2D eigenvalue weighted by molar-refractivity contribution is 0.214. The van der Waals surface area contributed by atoms with Crippen LogP contribution >= 0.6 is 0 Å². The molecule has 1 aromatic carbocycles. The van der Waals surface area contributed by atoms with Crippen LogP contribution in [0.5, 0.6) is 5.75 Å². The molecular formula is C14H15NO2. The summed E-state index contributed by atoms with van der Waals surface area (Å²) in [5.74, 6) is 0.687. The molecule has 1 N–H and O–H groups in total. The Morgan fingerprint density at radius 2 is 2.12 bits per heavy atom. The van der Waals surface area contributed by atoms with E-state index in [-0.39, 0.29) is 0 Å². The van der Waals surface area contributed by atoms with E-state index in [2.05, 4.69) is 4.98 Å². The van der Waals surface area contributed by atoms with Crippen molar-refractivity contribution in [2.75, 3.05) is 7.11 Å². The summed E-state index contributed by atoms with van der Waals surface area (Å²) in [5.41, 5.74) is 2.61. The van der Waals surface area contributed by atoms with E-state index in [1.165, 1.54) is 0 Å². The minimum Gasteiger partial charge on any atom is -0.496 e. The standard InChI is InChI=1S/C14H15NO2/c1-10-5-6-13(17-2)12(8-10)14(16)11-4-3-7-15-9-11/h3-9,14,16H,1-2H3. The van der Waals surface area contributed by atoms with Gasteiger partial charge in [-0.15, -0.1) is 0 Å². The molecule has 2 aromatic rings. The second kappa shape index (κ2) is 4.97. The van der Waals surface area contributed by atoms with E-state index in [4.69, 9.17) is 4.74 Å². The highest BCUT2D eigenvalue weighted by molar-refractivity contribution is 5.42. The molecule has 88 valence electrons. The van der Waals surface area contributed by atoms with Crippen LogP contribution in [0.25, 0.3) is 0 Å². The predicted octanol–water partition coefficient (Wildman–Crippen LogP) is 2.48. The Hall–Kier alpha value is -1.87. The zero-order valence-corrected chi connectivity index (χ0v) is 9.92. The molecule has 1 unspecified atom stereocenters. The molecule has 0 fully saturated rings. The summed E-state index contributed by atoms with van der Waals surface area (Å²) < 4.78 is 5.26. The second-order valence-corrected chi connectivity index (χ2v) is 3.93. The van der Waals surface area contributed by atoms with Crippen LogP contribution in [-0.2, 0) is 0 Å². The molecule has 0 aliphatic heterocycles. The number of hydrogen-bond donors (Lipinski definition) is 1. The zero-order chi connectivity index (χ0) is 12.3. The first-order valence-electron chi connectivity index (χ1n) is 5.45. The molecule has 3 heteroatoms. The highest BCUT2D eigenvalue weighted by Crippen LogP contribution is 2.30. The Balaban J connectivity index is 2.43. The van der Waals surface area contributed by atoms with Crippen molar-refractivity contribution in [3.05, 3.63) is 59.4 Å². The summed E-state index contributed by atoms with van der Waals surface area (Å²) in [6.45, 7) is 1.99. The fraction of sp³-hybridized carbons (Fsp3) is 0.214. The van der Waals surface area contributed by atoms with Crippen molar-refractivity contribution in [1.29, 1.82) is 0 Å². The first-order chi connectivity index (χ1) is 8.22. The normalized spacial score (nSPS) is 12.2. The molecule has 17 heavy (non-hydrogen) atoms. The topological polar surface area (TPSA) is 42.4 Å². The lowest BCUT2D eigenvalue weighted by Crippen LogP contribution is -2.03. The Bertz CT molecular complexity index is 497. The van der Waals surface area contributed by atoms with E-state index in [9.17, 15) is 5.11 Å². The molecule has 0 aliphatic carbocycles. The van der Waals surface area contributed by atoms with Gasteiger partial charge in [0.2, 0.25) is 0 Å². The van der Waals surface area contributed by atoms with Crippen molar-refractivity contribution < 1.29 is 9.84 Å². The molecule has 0 bridgehead atoms. The number of ether oxygens (including phenoxy) is 1. The van der Waals surface area contributed by atoms with Gasteiger partial charge < -0.3 is 9.84 Å².